The van der Waals surface area contributed by atoms with Gasteiger partial charge in [-0.25, -0.2) is 0 Å². The average molecular weight is 258 g/mol. The van der Waals surface area contributed by atoms with E-state index in [0.29, 0.717) is 5.41 Å². The van der Waals surface area contributed by atoms with Crippen molar-refractivity contribution in [1.29, 1.82) is 0 Å². The van der Waals surface area contributed by atoms with Gasteiger partial charge < -0.3 is 5.32 Å². The quantitative estimate of drug-likeness (QED) is 0.877. The summed E-state index contributed by atoms with van der Waals surface area (Å²) in [7, 11) is 0. The monoisotopic (exact) mass is 258 g/mol. The first kappa shape index (κ1) is 13.1. The Labute approximate surface area is 117 Å². The van der Waals surface area contributed by atoms with Crippen molar-refractivity contribution in [2.45, 2.75) is 39.3 Å². The van der Waals surface area contributed by atoms with Crippen LogP contribution in [0, 0.1) is 11.3 Å². The Morgan fingerprint density at radius 3 is 2.79 bits per heavy atom. The number of nitrogens with one attached hydrogen (secondary N) is 1. The summed E-state index contributed by atoms with van der Waals surface area (Å²) >= 11 is 0. The van der Waals surface area contributed by atoms with Crippen molar-refractivity contribution in [2.24, 2.45) is 11.3 Å². The molecular weight excluding hydrogens is 232 g/mol. The smallest absolute Gasteiger partial charge is 0.0236 e. The topological polar surface area (TPSA) is 15.3 Å². The van der Waals surface area contributed by atoms with Gasteiger partial charge in [0, 0.05) is 19.1 Å². The minimum absolute atomic E-state index is 0.569. The number of benzene rings is 1. The van der Waals surface area contributed by atoms with E-state index in [9.17, 15) is 0 Å². The lowest BCUT2D eigenvalue weighted by molar-refractivity contribution is 0.124. The predicted octanol–water partition coefficient (Wildman–Crippen LogP) is 2.90. The highest BCUT2D eigenvalue weighted by Crippen LogP contribution is 2.45. The van der Waals surface area contributed by atoms with E-state index in [1.807, 2.05) is 0 Å². The molecule has 2 aliphatic rings. The number of piperidine rings is 1. The molecule has 0 aliphatic carbocycles. The van der Waals surface area contributed by atoms with Crippen LogP contribution >= 0.6 is 0 Å². The van der Waals surface area contributed by atoms with E-state index in [-0.39, 0.29) is 0 Å². The number of hydrogen-bond donors (Lipinski definition) is 1. The Bertz CT molecular complexity index is 417. The van der Waals surface area contributed by atoms with E-state index >= 15 is 0 Å². The largest absolute Gasteiger partial charge is 0.316 e. The molecule has 3 unspecified atom stereocenters. The first-order valence-corrected chi connectivity index (χ1v) is 7.68. The molecule has 2 aliphatic heterocycles. The summed E-state index contributed by atoms with van der Waals surface area (Å²) in [5, 5.41) is 3.55. The lowest BCUT2D eigenvalue weighted by Crippen LogP contribution is -2.45. The maximum Gasteiger partial charge on any atom is 0.0236 e. The number of nitrogens with zero attached hydrogens (tertiary/aromatic N) is 1. The summed E-state index contributed by atoms with van der Waals surface area (Å²) in [4.78, 5) is 2.69. The zero-order chi connectivity index (χ0) is 13.3. The number of hydrogen-bond acceptors (Lipinski definition) is 2. The SMILES string of the molecule is CC1CC2(CCNCC2C)CN1Cc1ccccc1. The molecule has 0 amide bonds. The van der Waals surface area contributed by atoms with E-state index in [1.54, 1.807) is 0 Å². The first-order valence-electron chi connectivity index (χ1n) is 7.68. The second-order valence-electron chi connectivity index (χ2n) is 6.66. The Morgan fingerprint density at radius 2 is 2.05 bits per heavy atom. The van der Waals surface area contributed by atoms with E-state index in [2.05, 4.69) is 54.4 Å². The van der Waals surface area contributed by atoms with Gasteiger partial charge in [0.1, 0.15) is 0 Å². The molecule has 19 heavy (non-hydrogen) atoms. The summed E-state index contributed by atoms with van der Waals surface area (Å²) < 4.78 is 0. The van der Waals surface area contributed by atoms with Crippen LogP contribution in [0.1, 0.15) is 32.3 Å². The zero-order valence-corrected chi connectivity index (χ0v) is 12.2. The molecule has 1 N–H and O–H groups in total. The molecule has 2 saturated heterocycles. The second-order valence-corrected chi connectivity index (χ2v) is 6.66. The fraction of sp³-hybridized carbons (Fsp3) is 0.647. The van der Waals surface area contributed by atoms with Crippen LogP contribution in [0.3, 0.4) is 0 Å². The molecule has 104 valence electrons. The van der Waals surface area contributed by atoms with Gasteiger partial charge in [-0.3, -0.25) is 4.90 Å². The molecule has 1 aromatic rings. The maximum atomic E-state index is 3.55. The number of rotatable bonds is 2. The zero-order valence-electron chi connectivity index (χ0n) is 12.2. The van der Waals surface area contributed by atoms with Crippen LogP contribution in [-0.4, -0.2) is 30.6 Å². The molecule has 3 atom stereocenters. The van der Waals surface area contributed by atoms with E-state index < -0.39 is 0 Å². The molecule has 0 aromatic heterocycles. The first-order chi connectivity index (χ1) is 9.20. The van der Waals surface area contributed by atoms with Crippen molar-refractivity contribution in [3.8, 4) is 0 Å². The van der Waals surface area contributed by atoms with Gasteiger partial charge in [0.05, 0.1) is 0 Å². The fourth-order valence-electron chi connectivity index (χ4n) is 4.03. The molecule has 1 aromatic carbocycles. The van der Waals surface area contributed by atoms with Gasteiger partial charge in [-0.05, 0) is 49.8 Å². The average Bonchev–Trinajstić information content (AvgIpc) is 2.72. The van der Waals surface area contributed by atoms with Crippen LogP contribution < -0.4 is 5.32 Å². The Hall–Kier alpha value is -0.860. The molecule has 2 nitrogen and oxygen atoms in total. The van der Waals surface area contributed by atoms with Gasteiger partial charge >= 0.3 is 0 Å². The molecule has 2 fully saturated rings. The van der Waals surface area contributed by atoms with Gasteiger partial charge in [-0.15, -0.1) is 0 Å². The summed E-state index contributed by atoms with van der Waals surface area (Å²) in [6, 6.07) is 11.6. The fourth-order valence-corrected chi connectivity index (χ4v) is 4.03. The Balaban J connectivity index is 1.71. The maximum absolute atomic E-state index is 3.55. The van der Waals surface area contributed by atoms with Gasteiger partial charge in [-0.1, -0.05) is 37.3 Å². The minimum atomic E-state index is 0.569. The lowest BCUT2D eigenvalue weighted by Gasteiger charge is -2.40. The van der Waals surface area contributed by atoms with Crippen molar-refractivity contribution in [2.75, 3.05) is 19.6 Å². The van der Waals surface area contributed by atoms with Crippen molar-refractivity contribution in [1.82, 2.24) is 10.2 Å². The third-order valence-electron chi connectivity index (χ3n) is 5.37. The van der Waals surface area contributed by atoms with E-state index in [0.717, 1.165) is 18.5 Å². The second kappa shape index (κ2) is 5.26. The van der Waals surface area contributed by atoms with Gasteiger partial charge in [0.2, 0.25) is 0 Å². The highest BCUT2D eigenvalue weighted by Gasteiger charge is 2.46. The molecule has 0 radical (unpaired) electrons. The Morgan fingerprint density at radius 1 is 1.26 bits per heavy atom. The normalized spacial score (nSPS) is 35.9. The summed E-state index contributed by atoms with van der Waals surface area (Å²) in [6.07, 6.45) is 2.73. The molecule has 0 bridgehead atoms. The predicted molar refractivity (Wildman–Crippen MR) is 80.0 cm³/mol. The molecular formula is C17H26N2. The molecule has 0 saturated carbocycles. The number of likely N-dealkylation sites (tertiary alicyclic amines) is 1. The van der Waals surface area contributed by atoms with E-state index in [4.69, 9.17) is 0 Å². The third kappa shape index (κ3) is 2.56. The van der Waals surface area contributed by atoms with E-state index in [1.165, 1.54) is 38.0 Å². The van der Waals surface area contributed by atoms with Crippen LogP contribution in [0.15, 0.2) is 30.3 Å². The summed E-state index contributed by atoms with van der Waals surface area (Å²) in [5.41, 5.74) is 2.02. The third-order valence-corrected chi connectivity index (χ3v) is 5.37. The molecule has 1 spiro atoms. The van der Waals surface area contributed by atoms with Gasteiger partial charge in [0.25, 0.3) is 0 Å². The molecule has 2 heteroatoms. The van der Waals surface area contributed by atoms with Crippen molar-refractivity contribution in [3.63, 3.8) is 0 Å². The van der Waals surface area contributed by atoms with Gasteiger partial charge in [0.15, 0.2) is 0 Å². The highest BCUT2D eigenvalue weighted by molar-refractivity contribution is 5.15. The van der Waals surface area contributed by atoms with Crippen LogP contribution in [0.2, 0.25) is 0 Å². The Kier molecular flexibility index (Phi) is 3.64. The van der Waals surface area contributed by atoms with Crippen LogP contribution in [-0.2, 0) is 6.54 Å². The van der Waals surface area contributed by atoms with Crippen LogP contribution in [0.5, 0.6) is 0 Å². The van der Waals surface area contributed by atoms with Crippen molar-refractivity contribution >= 4 is 0 Å². The van der Waals surface area contributed by atoms with Crippen molar-refractivity contribution in [3.05, 3.63) is 35.9 Å². The summed E-state index contributed by atoms with van der Waals surface area (Å²) in [6.45, 7) is 9.65. The molecule has 2 heterocycles. The standard InChI is InChI=1S/C17H26N2/c1-14-11-18-9-8-17(14)10-15(2)19(13-17)12-16-6-4-3-5-7-16/h3-7,14-15,18H,8-13H2,1-2H3. The van der Waals surface area contributed by atoms with Gasteiger partial charge in [-0.2, -0.15) is 0 Å². The van der Waals surface area contributed by atoms with Crippen LogP contribution in [0.25, 0.3) is 0 Å². The molecule has 3 rings (SSSR count). The lowest BCUT2D eigenvalue weighted by atomic mass is 9.70. The highest BCUT2D eigenvalue weighted by atomic mass is 15.2. The minimum Gasteiger partial charge on any atom is -0.316 e. The summed E-state index contributed by atoms with van der Waals surface area (Å²) in [5.74, 6) is 0.810. The van der Waals surface area contributed by atoms with Crippen molar-refractivity contribution < 1.29 is 0 Å². The van der Waals surface area contributed by atoms with Crippen LogP contribution in [0.4, 0.5) is 0 Å².